The molecule has 2 aromatic rings. The predicted molar refractivity (Wildman–Crippen MR) is 81.9 cm³/mol. The van der Waals surface area contributed by atoms with E-state index in [4.69, 9.17) is 0 Å². The summed E-state index contributed by atoms with van der Waals surface area (Å²) < 4.78 is 12.7. The largest absolute Gasteiger partial charge is 0.273 e. The molecule has 22 heavy (non-hydrogen) atoms. The van der Waals surface area contributed by atoms with Gasteiger partial charge in [0.05, 0.1) is 6.42 Å². The van der Waals surface area contributed by atoms with Crippen LogP contribution in [-0.2, 0) is 16.0 Å². The third-order valence-electron chi connectivity index (χ3n) is 2.83. The van der Waals surface area contributed by atoms with Crippen LogP contribution in [0.15, 0.2) is 60.7 Å². The Labute approximate surface area is 127 Å². The second-order valence-corrected chi connectivity index (χ2v) is 4.58. The summed E-state index contributed by atoms with van der Waals surface area (Å²) in [7, 11) is 0. The Kier molecular flexibility index (Phi) is 5.43. The highest BCUT2D eigenvalue weighted by Gasteiger charge is 2.03. The molecule has 0 aliphatic heterocycles. The molecule has 0 saturated carbocycles. The zero-order chi connectivity index (χ0) is 15.8. The van der Waals surface area contributed by atoms with Gasteiger partial charge in [0.1, 0.15) is 5.82 Å². The number of carbonyl (C=O) groups excluding carboxylic acids is 2. The van der Waals surface area contributed by atoms with Gasteiger partial charge < -0.3 is 0 Å². The smallest absolute Gasteiger partial charge is 0.262 e. The Morgan fingerprint density at radius 3 is 2.32 bits per heavy atom. The SMILES string of the molecule is O=C(C=Cc1ccc(F)cc1)NNC(=O)Cc1ccccc1. The number of carbonyl (C=O) groups is 2. The topological polar surface area (TPSA) is 58.2 Å². The highest BCUT2D eigenvalue weighted by Crippen LogP contribution is 2.04. The molecular formula is C17H15FN2O2. The number of halogens is 1. The quantitative estimate of drug-likeness (QED) is 0.672. The van der Waals surface area contributed by atoms with Gasteiger partial charge in [0.2, 0.25) is 5.91 Å². The van der Waals surface area contributed by atoms with Gasteiger partial charge in [-0.2, -0.15) is 0 Å². The Bertz CT molecular complexity index is 667. The lowest BCUT2D eigenvalue weighted by atomic mass is 10.1. The van der Waals surface area contributed by atoms with Gasteiger partial charge in [-0.15, -0.1) is 0 Å². The number of hydrogen-bond donors (Lipinski definition) is 2. The number of benzene rings is 2. The lowest BCUT2D eigenvalue weighted by molar-refractivity contribution is -0.126. The fourth-order valence-corrected chi connectivity index (χ4v) is 1.74. The van der Waals surface area contributed by atoms with Gasteiger partial charge in [0, 0.05) is 6.08 Å². The van der Waals surface area contributed by atoms with Crippen molar-refractivity contribution in [1.29, 1.82) is 0 Å². The zero-order valence-corrected chi connectivity index (χ0v) is 11.8. The minimum absolute atomic E-state index is 0.183. The van der Waals surface area contributed by atoms with Crippen molar-refractivity contribution in [3.8, 4) is 0 Å². The Hall–Kier alpha value is -2.95. The van der Waals surface area contributed by atoms with E-state index in [1.807, 2.05) is 30.3 Å². The van der Waals surface area contributed by atoms with Gasteiger partial charge >= 0.3 is 0 Å². The molecule has 112 valence electrons. The first-order valence-corrected chi connectivity index (χ1v) is 6.70. The average Bonchev–Trinajstić information content (AvgIpc) is 2.53. The number of rotatable bonds is 4. The molecule has 0 unspecified atom stereocenters. The van der Waals surface area contributed by atoms with E-state index in [1.54, 1.807) is 12.1 Å². The molecule has 0 saturated heterocycles. The van der Waals surface area contributed by atoms with E-state index in [2.05, 4.69) is 10.9 Å². The van der Waals surface area contributed by atoms with Crippen molar-refractivity contribution < 1.29 is 14.0 Å². The fraction of sp³-hybridized carbons (Fsp3) is 0.0588. The molecule has 0 aromatic heterocycles. The first-order chi connectivity index (χ1) is 10.6. The minimum Gasteiger partial charge on any atom is -0.273 e. The average molecular weight is 298 g/mol. The molecule has 2 N–H and O–H groups in total. The molecule has 0 aliphatic carbocycles. The highest BCUT2D eigenvalue weighted by atomic mass is 19.1. The molecule has 0 radical (unpaired) electrons. The van der Waals surface area contributed by atoms with Gasteiger partial charge in [0.25, 0.3) is 5.91 Å². The van der Waals surface area contributed by atoms with E-state index in [9.17, 15) is 14.0 Å². The molecule has 2 amide bonds. The first kappa shape index (κ1) is 15.4. The maximum atomic E-state index is 12.7. The molecule has 0 aliphatic rings. The molecule has 5 heteroatoms. The van der Waals surface area contributed by atoms with Crippen LogP contribution in [0.4, 0.5) is 4.39 Å². The van der Waals surface area contributed by atoms with Crippen LogP contribution in [0.3, 0.4) is 0 Å². The van der Waals surface area contributed by atoms with Crippen LogP contribution in [0.25, 0.3) is 6.08 Å². The van der Waals surface area contributed by atoms with Crippen molar-refractivity contribution in [3.05, 3.63) is 77.6 Å². The van der Waals surface area contributed by atoms with Crippen LogP contribution in [0.1, 0.15) is 11.1 Å². The predicted octanol–water partition coefficient (Wildman–Crippen LogP) is 2.23. The summed E-state index contributed by atoms with van der Waals surface area (Å²) in [5, 5.41) is 0. The molecule has 2 aromatic carbocycles. The second-order valence-electron chi connectivity index (χ2n) is 4.58. The van der Waals surface area contributed by atoms with Crippen molar-refractivity contribution >= 4 is 17.9 Å². The van der Waals surface area contributed by atoms with Gasteiger partial charge in [-0.25, -0.2) is 4.39 Å². The van der Waals surface area contributed by atoms with Gasteiger partial charge in [-0.3, -0.25) is 20.4 Å². The van der Waals surface area contributed by atoms with Crippen LogP contribution in [0.2, 0.25) is 0 Å². The van der Waals surface area contributed by atoms with Crippen molar-refractivity contribution in [3.63, 3.8) is 0 Å². The summed E-state index contributed by atoms with van der Waals surface area (Å²) in [6, 6.07) is 14.9. The van der Waals surface area contributed by atoms with Crippen LogP contribution < -0.4 is 10.9 Å². The standard InChI is InChI=1S/C17H15FN2O2/c18-15-9-6-13(7-10-15)8-11-16(21)19-20-17(22)12-14-4-2-1-3-5-14/h1-11H,12H2,(H,19,21)(H,20,22). The van der Waals surface area contributed by atoms with Crippen LogP contribution in [-0.4, -0.2) is 11.8 Å². The third-order valence-corrected chi connectivity index (χ3v) is 2.83. The molecule has 0 atom stereocenters. The monoisotopic (exact) mass is 298 g/mol. The highest BCUT2D eigenvalue weighted by molar-refractivity contribution is 5.93. The lowest BCUT2D eigenvalue weighted by Crippen LogP contribution is -2.41. The lowest BCUT2D eigenvalue weighted by Gasteiger charge is -2.05. The summed E-state index contributed by atoms with van der Waals surface area (Å²) in [6.07, 6.45) is 2.97. The summed E-state index contributed by atoms with van der Waals surface area (Å²) in [5.41, 5.74) is 6.16. The number of amides is 2. The van der Waals surface area contributed by atoms with Crippen LogP contribution in [0, 0.1) is 5.82 Å². The minimum atomic E-state index is -0.467. The first-order valence-electron chi connectivity index (χ1n) is 6.70. The van der Waals surface area contributed by atoms with Crippen molar-refractivity contribution in [2.75, 3.05) is 0 Å². The molecule has 4 nitrogen and oxygen atoms in total. The number of hydrazine groups is 1. The third kappa shape index (κ3) is 5.20. The molecule has 0 bridgehead atoms. The summed E-state index contributed by atoms with van der Waals surface area (Å²) in [5.74, 6) is -1.12. The maximum Gasteiger partial charge on any atom is 0.262 e. The van der Waals surface area contributed by atoms with E-state index in [0.717, 1.165) is 5.56 Å². The number of hydrogen-bond acceptors (Lipinski definition) is 2. The van der Waals surface area contributed by atoms with Gasteiger partial charge in [0.15, 0.2) is 0 Å². The Morgan fingerprint density at radius 2 is 1.64 bits per heavy atom. The fourth-order valence-electron chi connectivity index (χ4n) is 1.74. The maximum absolute atomic E-state index is 12.7. The molecule has 2 rings (SSSR count). The Morgan fingerprint density at radius 1 is 0.955 bits per heavy atom. The molecular weight excluding hydrogens is 283 g/mol. The van der Waals surface area contributed by atoms with E-state index < -0.39 is 5.91 Å². The number of nitrogens with one attached hydrogen (secondary N) is 2. The van der Waals surface area contributed by atoms with Gasteiger partial charge in [-0.05, 0) is 29.3 Å². The van der Waals surface area contributed by atoms with E-state index in [0.29, 0.717) is 5.56 Å². The summed E-state index contributed by atoms with van der Waals surface area (Å²) in [6.45, 7) is 0. The van der Waals surface area contributed by atoms with Crippen LogP contribution >= 0.6 is 0 Å². The normalized spacial score (nSPS) is 10.4. The van der Waals surface area contributed by atoms with Crippen molar-refractivity contribution in [2.45, 2.75) is 6.42 Å². The Balaban J connectivity index is 1.77. The van der Waals surface area contributed by atoms with E-state index >= 15 is 0 Å². The van der Waals surface area contributed by atoms with E-state index in [1.165, 1.54) is 24.3 Å². The zero-order valence-electron chi connectivity index (χ0n) is 11.8. The molecule has 0 heterocycles. The molecule has 0 fully saturated rings. The second kappa shape index (κ2) is 7.73. The van der Waals surface area contributed by atoms with E-state index in [-0.39, 0.29) is 18.1 Å². The van der Waals surface area contributed by atoms with Gasteiger partial charge in [-0.1, -0.05) is 42.5 Å². The van der Waals surface area contributed by atoms with Crippen LogP contribution in [0.5, 0.6) is 0 Å². The summed E-state index contributed by atoms with van der Waals surface area (Å²) >= 11 is 0. The molecule has 0 spiro atoms. The summed E-state index contributed by atoms with van der Waals surface area (Å²) in [4.78, 5) is 23.2. The van der Waals surface area contributed by atoms with Crippen molar-refractivity contribution in [2.24, 2.45) is 0 Å². The van der Waals surface area contributed by atoms with Crippen molar-refractivity contribution in [1.82, 2.24) is 10.9 Å².